The minimum absolute atomic E-state index is 0.412. The highest BCUT2D eigenvalue weighted by Crippen LogP contribution is 2.08. The molecule has 0 aromatic heterocycles. The van der Waals surface area contributed by atoms with Crippen LogP contribution in [0, 0.1) is 0 Å². The molecule has 0 aliphatic carbocycles. The van der Waals surface area contributed by atoms with E-state index in [0.29, 0.717) is 6.10 Å². The standard InChI is InChI=1S/C13H29N3OS/c1-4-7-15(2)8-9-16-10-11-17-13(12-16)5-6-14-18-3/h13-14H,4-12H2,1-3H3/t13-/m1/s1. The molecule has 1 aliphatic rings. The molecule has 1 N–H and O–H groups in total. The topological polar surface area (TPSA) is 27.7 Å². The molecule has 0 radical (unpaired) electrons. The molecule has 1 aliphatic heterocycles. The van der Waals surface area contributed by atoms with E-state index in [2.05, 4.69) is 34.7 Å². The molecule has 0 aromatic carbocycles. The quantitative estimate of drug-likeness (QED) is 0.505. The Balaban J connectivity index is 2.14. The van der Waals surface area contributed by atoms with Gasteiger partial charge in [-0.25, -0.2) is 0 Å². The summed E-state index contributed by atoms with van der Waals surface area (Å²) in [5.41, 5.74) is 0. The first-order chi connectivity index (χ1) is 8.76. The van der Waals surface area contributed by atoms with Gasteiger partial charge in [-0.2, -0.15) is 0 Å². The number of rotatable bonds is 9. The smallest absolute Gasteiger partial charge is 0.0715 e. The zero-order valence-corrected chi connectivity index (χ0v) is 13.0. The zero-order chi connectivity index (χ0) is 13.2. The Bertz CT molecular complexity index is 207. The van der Waals surface area contributed by atoms with Gasteiger partial charge in [-0.05, 0) is 32.7 Å². The van der Waals surface area contributed by atoms with Gasteiger partial charge in [0.25, 0.3) is 0 Å². The molecule has 108 valence electrons. The lowest BCUT2D eigenvalue weighted by molar-refractivity contribution is -0.0325. The molecule has 1 fully saturated rings. The highest BCUT2D eigenvalue weighted by molar-refractivity contribution is 7.96. The first-order valence-corrected chi connectivity index (χ1v) is 8.27. The van der Waals surface area contributed by atoms with Crippen molar-refractivity contribution in [2.24, 2.45) is 0 Å². The van der Waals surface area contributed by atoms with Crippen LogP contribution in [0.25, 0.3) is 0 Å². The lowest BCUT2D eigenvalue weighted by Gasteiger charge is -2.34. The van der Waals surface area contributed by atoms with Gasteiger partial charge in [0.2, 0.25) is 0 Å². The van der Waals surface area contributed by atoms with Crippen molar-refractivity contribution < 1.29 is 4.74 Å². The summed E-state index contributed by atoms with van der Waals surface area (Å²) < 4.78 is 9.09. The van der Waals surface area contributed by atoms with E-state index in [1.54, 1.807) is 11.9 Å². The van der Waals surface area contributed by atoms with Crippen molar-refractivity contribution in [3.05, 3.63) is 0 Å². The average molecular weight is 275 g/mol. The highest BCUT2D eigenvalue weighted by atomic mass is 32.2. The first-order valence-electron chi connectivity index (χ1n) is 7.04. The minimum atomic E-state index is 0.412. The number of nitrogens with zero attached hydrogens (tertiary/aromatic N) is 2. The van der Waals surface area contributed by atoms with Crippen LogP contribution < -0.4 is 4.72 Å². The van der Waals surface area contributed by atoms with E-state index in [1.165, 1.54) is 26.1 Å². The van der Waals surface area contributed by atoms with Crippen molar-refractivity contribution in [2.45, 2.75) is 25.9 Å². The van der Waals surface area contributed by atoms with Crippen LogP contribution in [0.1, 0.15) is 19.8 Å². The average Bonchev–Trinajstić information content (AvgIpc) is 2.38. The molecular weight excluding hydrogens is 246 g/mol. The van der Waals surface area contributed by atoms with Crippen molar-refractivity contribution in [3.63, 3.8) is 0 Å². The van der Waals surface area contributed by atoms with Crippen LogP contribution in [0.3, 0.4) is 0 Å². The second-order valence-corrected chi connectivity index (χ2v) is 5.68. The predicted octanol–water partition coefficient (Wildman–Crippen LogP) is 1.29. The van der Waals surface area contributed by atoms with Crippen LogP contribution in [-0.2, 0) is 4.74 Å². The lowest BCUT2D eigenvalue weighted by atomic mass is 10.2. The molecule has 1 atom stereocenters. The summed E-state index contributed by atoms with van der Waals surface area (Å²) in [7, 11) is 2.21. The van der Waals surface area contributed by atoms with Gasteiger partial charge >= 0.3 is 0 Å². The third kappa shape index (κ3) is 6.95. The molecule has 5 heteroatoms. The monoisotopic (exact) mass is 275 g/mol. The number of ether oxygens (including phenoxy) is 1. The minimum Gasteiger partial charge on any atom is -0.376 e. The molecule has 0 spiro atoms. The summed E-state index contributed by atoms with van der Waals surface area (Å²) in [6, 6.07) is 0. The summed E-state index contributed by atoms with van der Waals surface area (Å²) in [6.07, 6.45) is 4.83. The number of hydrogen-bond acceptors (Lipinski definition) is 5. The van der Waals surface area contributed by atoms with E-state index in [0.717, 1.165) is 32.7 Å². The molecule has 0 bridgehead atoms. The van der Waals surface area contributed by atoms with Crippen LogP contribution in [0.4, 0.5) is 0 Å². The summed E-state index contributed by atoms with van der Waals surface area (Å²) in [5.74, 6) is 0. The Morgan fingerprint density at radius 2 is 2.28 bits per heavy atom. The van der Waals surface area contributed by atoms with E-state index in [4.69, 9.17) is 4.74 Å². The van der Waals surface area contributed by atoms with Crippen molar-refractivity contribution in [3.8, 4) is 0 Å². The fraction of sp³-hybridized carbons (Fsp3) is 1.00. The van der Waals surface area contributed by atoms with Gasteiger partial charge in [0.05, 0.1) is 12.7 Å². The largest absolute Gasteiger partial charge is 0.376 e. The lowest BCUT2D eigenvalue weighted by Crippen LogP contribution is -2.45. The number of likely N-dealkylation sites (N-methyl/N-ethyl adjacent to an activating group) is 1. The Labute approximate surface area is 117 Å². The van der Waals surface area contributed by atoms with Gasteiger partial charge in [0.1, 0.15) is 0 Å². The Hall–Kier alpha value is 0.190. The van der Waals surface area contributed by atoms with Crippen LogP contribution in [-0.4, -0.2) is 75.1 Å². The SMILES string of the molecule is CCCN(C)CCN1CCO[C@H](CCNSC)C1. The van der Waals surface area contributed by atoms with Gasteiger partial charge < -0.3 is 9.64 Å². The van der Waals surface area contributed by atoms with Crippen molar-refractivity contribution >= 4 is 11.9 Å². The second-order valence-electron chi connectivity index (χ2n) is 4.98. The maximum absolute atomic E-state index is 5.80. The van der Waals surface area contributed by atoms with Crippen LogP contribution >= 0.6 is 11.9 Å². The Morgan fingerprint density at radius 3 is 3.00 bits per heavy atom. The van der Waals surface area contributed by atoms with Gasteiger partial charge in [-0.1, -0.05) is 18.9 Å². The van der Waals surface area contributed by atoms with Crippen LogP contribution in [0.15, 0.2) is 0 Å². The molecule has 1 saturated heterocycles. The summed E-state index contributed by atoms with van der Waals surface area (Å²) >= 11 is 1.68. The molecular formula is C13H29N3OS. The Kier molecular flexibility index (Phi) is 9.06. The maximum Gasteiger partial charge on any atom is 0.0715 e. The normalized spacial score (nSPS) is 21.7. The van der Waals surface area contributed by atoms with E-state index >= 15 is 0 Å². The maximum atomic E-state index is 5.80. The first kappa shape index (κ1) is 16.2. The van der Waals surface area contributed by atoms with E-state index in [9.17, 15) is 0 Å². The predicted molar refractivity (Wildman–Crippen MR) is 80.1 cm³/mol. The molecule has 1 rings (SSSR count). The third-order valence-corrected chi connectivity index (χ3v) is 3.83. The van der Waals surface area contributed by atoms with E-state index < -0.39 is 0 Å². The van der Waals surface area contributed by atoms with E-state index in [1.807, 2.05) is 0 Å². The van der Waals surface area contributed by atoms with Crippen molar-refractivity contribution in [2.75, 3.05) is 59.2 Å². The van der Waals surface area contributed by atoms with Gasteiger partial charge in [0.15, 0.2) is 0 Å². The van der Waals surface area contributed by atoms with Crippen LogP contribution in [0.2, 0.25) is 0 Å². The summed E-state index contributed by atoms with van der Waals surface area (Å²) in [4.78, 5) is 4.96. The molecule has 4 nitrogen and oxygen atoms in total. The molecule has 18 heavy (non-hydrogen) atoms. The fourth-order valence-corrected chi connectivity index (χ4v) is 2.61. The highest BCUT2D eigenvalue weighted by Gasteiger charge is 2.19. The van der Waals surface area contributed by atoms with Gasteiger partial charge in [-0.15, -0.1) is 0 Å². The molecule has 0 saturated carbocycles. The Morgan fingerprint density at radius 1 is 1.44 bits per heavy atom. The zero-order valence-electron chi connectivity index (χ0n) is 12.2. The van der Waals surface area contributed by atoms with E-state index in [-0.39, 0.29) is 0 Å². The van der Waals surface area contributed by atoms with Crippen molar-refractivity contribution in [1.29, 1.82) is 0 Å². The molecule has 1 heterocycles. The molecule has 0 amide bonds. The molecule has 0 aromatic rings. The second kappa shape index (κ2) is 10.0. The summed E-state index contributed by atoms with van der Waals surface area (Å²) in [6.45, 7) is 9.89. The van der Waals surface area contributed by atoms with Crippen LogP contribution in [0.5, 0.6) is 0 Å². The fourth-order valence-electron chi connectivity index (χ4n) is 2.29. The van der Waals surface area contributed by atoms with Gasteiger partial charge in [-0.3, -0.25) is 9.62 Å². The third-order valence-electron chi connectivity index (χ3n) is 3.34. The van der Waals surface area contributed by atoms with Crippen molar-refractivity contribution in [1.82, 2.24) is 14.5 Å². The number of hydrogen-bond donors (Lipinski definition) is 1. The molecule has 0 unspecified atom stereocenters. The number of morpholine rings is 1. The summed E-state index contributed by atoms with van der Waals surface area (Å²) in [5, 5.41) is 0. The number of nitrogens with one attached hydrogen (secondary N) is 1. The van der Waals surface area contributed by atoms with Gasteiger partial charge in [0, 0.05) is 32.7 Å².